The molecular formula is C19H27N3. The van der Waals surface area contributed by atoms with Crippen LogP contribution < -0.4 is 11.1 Å². The normalized spacial score (nSPS) is 27.9. The number of rotatable bonds is 1. The van der Waals surface area contributed by atoms with E-state index in [1.807, 2.05) is 0 Å². The van der Waals surface area contributed by atoms with Crippen LogP contribution in [-0.4, -0.2) is 24.1 Å². The van der Waals surface area contributed by atoms with Crippen LogP contribution in [0.4, 0.5) is 0 Å². The van der Waals surface area contributed by atoms with E-state index in [2.05, 4.69) is 49.4 Å². The lowest BCUT2D eigenvalue weighted by molar-refractivity contribution is 0.273. The van der Waals surface area contributed by atoms with Gasteiger partial charge in [0.15, 0.2) is 0 Å². The van der Waals surface area contributed by atoms with E-state index in [1.54, 1.807) is 5.56 Å². The molecule has 0 bridgehead atoms. The number of H-pyrrole nitrogens is 1. The number of aromatic nitrogens is 1. The van der Waals surface area contributed by atoms with Gasteiger partial charge in [-0.1, -0.05) is 26.8 Å². The summed E-state index contributed by atoms with van der Waals surface area (Å²) >= 11 is 0. The van der Waals surface area contributed by atoms with Crippen LogP contribution in [0.3, 0.4) is 0 Å². The minimum atomic E-state index is 0.179. The van der Waals surface area contributed by atoms with E-state index in [0.29, 0.717) is 17.9 Å². The monoisotopic (exact) mass is 297 g/mol. The van der Waals surface area contributed by atoms with Gasteiger partial charge in [-0.05, 0) is 60.0 Å². The minimum absolute atomic E-state index is 0.179. The van der Waals surface area contributed by atoms with E-state index in [1.165, 1.54) is 28.5 Å². The number of hydrogen-bond donors (Lipinski definition) is 3. The Labute approximate surface area is 132 Å². The number of fused-ring (bicyclic) bond motifs is 2. The van der Waals surface area contributed by atoms with E-state index in [0.717, 1.165) is 19.5 Å². The van der Waals surface area contributed by atoms with Gasteiger partial charge in [0.25, 0.3) is 0 Å². The van der Waals surface area contributed by atoms with Crippen LogP contribution in [-0.2, 0) is 11.8 Å². The van der Waals surface area contributed by atoms with Crippen LogP contribution >= 0.6 is 0 Å². The van der Waals surface area contributed by atoms with Crippen molar-refractivity contribution in [2.75, 3.05) is 13.1 Å². The molecule has 0 spiro atoms. The zero-order chi connectivity index (χ0) is 15.5. The molecule has 0 radical (unpaired) electrons. The number of hydrogen-bond acceptors (Lipinski definition) is 2. The molecule has 1 aliphatic heterocycles. The molecule has 3 nitrogen and oxygen atoms in total. The molecule has 0 amide bonds. The van der Waals surface area contributed by atoms with Crippen molar-refractivity contribution < 1.29 is 0 Å². The lowest BCUT2D eigenvalue weighted by Crippen LogP contribution is -2.48. The van der Waals surface area contributed by atoms with Crippen LogP contribution in [0.2, 0.25) is 0 Å². The molecule has 2 aliphatic rings. The minimum Gasteiger partial charge on any atom is -0.361 e. The summed E-state index contributed by atoms with van der Waals surface area (Å²) in [5.74, 6) is 1.21. The van der Waals surface area contributed by atoms with Gasteiger partial charge >= 0.3 is 0 Å². The Morgan fingerprint density at radius 3 is 2.82 bits per heavy atom. The number of nitrogens with two attached hydrogens (primary N) is 1. The van der Waals surface area contributed by atoms with Gasteiger partial charge in [0, 0.05) is 29.1 Å². The highest BCUT2D eigenvalue weighted by atomic mass is 14.9. The van der Waals surface area contributed by atoms with Gasteiger partial charge < -0.3 is 16.0 Å². The molecule has 118 valence electrons. The SMILES string of the molecule is CC(C)(C)c1cc2c3c(c[nH]c3c1)C[C@H]1NCC(CN)C[C@H]21. The van der Waals surface area contributed by atoms with Crippen LogP contribution in [0.15, 0.2) is 18.3 Å². The molecule has 0 saturated carbocycles. The zero-order valence-corrected chi connectivity index (χ0v) is 13.9. The first-order chi connectivity index (χ1) is 10.5. The predicted molar refractivity (Wildman–Crippen MR) is 92.4 cm³/mol. The Morgan fingerprint density at radius 1 is 1.27 bits per heavy atom. The number of nitrogens with one attached hydrogen (secondary N) is 2. The Morgan fingerprint density at radius 2 is 2.09 bits per heavy atom. The molecule has 1 aliphatic carbocycles. The smallest absolute Gasteiger partial charge is 0.0462 e. The topological polar surface area (TPSA) is 53.8 Å². The van der Waals surface area contributed by atoms with E-state index < -0.39 is 0 Å². The van der Waals surface area contributed by atoms with Gasteiger partial charge in [0.2, 0.25) is 0 Å². The lowest BCUT2D eigenvalue weighted by Gasteiger charge is -2.40. The third-order valence-electron chi connectivity index (χ3n) is 5.67. The van der Waals surface area contributed by atoms with Crippen molar-refractivity contribution in [2.24, 2.45) is 11.7 Å². The molecule has 22 heavy (non-hydrogen) atoms. The molecule has 1 aromatic carbocycles. The summed E-state index contributed by atoms with van der Waals surface area (Å²) in [5, 5.41) is 5.24. The molecule has 1 aromatic heterocycles. The summed E-state index contributed by atoms with van der Waals surface area (Å²) in [6.45, 7) is 8.75. The van der Waals surface area contributed by atoms with Crippen LogP contribution in [0, 0.1) is 5.92 Å². The van der Waals surface area contributed by atoms with Gasteiger partial charge in [0.1, 0.15) is 0 Å². The number of benzene rings is 1. The summed E-state index contributed by atoms with van der Waals surface area (Å²) in [5.41, 5.74) is 11.9. The van der Waals surface area contributed by atoms with Gasteiger partial charge in [-0.3, -0.25) is 0 Å². The van der Waals surface area contributed by atoms with Gasteiger partial charge in [0.05, 0.1) is 0 Å². The van der Waals surface area contributed by atoms with Gasteiger partial charge in [-0.15, -0.1) is 0 Å². The van der Waals surface area contributed by atoms with Crippen molar-refractivity contribution in [3.8, 4) is 0 Å². The summed E-state index contributed by atoms with van der Waals surface area (Å²) < 4.78 is 0. The Balaban J connectivity index is 1.88. The molecular weight excluding hydrogens is 270 g/mol. The molecule has 1 fully saturated rings. The van der Waals surface area contributed by atoms with Gasteiger partial charge in [-0.25, -0.2) is 0 Å². The number of piperidine rings is 1. The fourth-order valence-electron chi connectivity index (χ4n) is 4.30. The third kappa shape index (κ3) is 2.10. The van der Waals surface area contributed by atoms with E-state index in [-0.39, 0.29) is 5.41 Å². The maximum atomic E-state index is 5.95. The van der Waals surface area contributed by atoms with Crippen molar-refractivity contribution >= 4 is 10.9 Å². The summed E-state index contributed by atoms with van der Waals surface area (Å²) in [7, 11) is 0. The number of aromatic amines is 1. The molecule has 4 rings (SSSR count). The first-order valence-electron chi connectivity index (χ1n) is 8.55. The molecule has 1 unspecified atom stereocenters. The highest BCUT2D eigenvalue weighted by Crippen LogP contribution is 2.43. The molecule has 3 heteroatoms. The summed E-state index contributed by atoms with van der Waals surface area (Å²) in [6.07, 6.45) is 4.58. The van der Waals surface area contributed by atoms with Crippen LogP contribution in [0.1, 0.15) is 49.8 Å². The lowest BCUT2D eigenvalue weighted by atomic mass is 9.71. The Hall–Kier alpha value is -1.32. The maximum Gasteiger partial charge on any atom is 0.0462 e. The molecule has 4 N–H and O–H groups in total. The Kier molecular flexibility index (Phi) is 3.14. The van der Waals surface area contributed by atoms with Crippen molar-refractivity contribution in [1.82, 2.24) is 10.3 Å². The first kappa shape index (κ1) is 14.3. The first-order valence-corrected chi connectivity index (χ1v) is 8.55. The van der Waals surface area contributed by atoms with Crippen molar-refractivity contribution in [3.63, 3.8) is 0 Å². The van der Waals surface area contributed by atoms with E-state index in [9.17, 15) is 0 Å². The molecule has 2 aromatic rings. The fourth-order valence-corrected chi connectivity index (χ4v) is 4.30. The second-order valence-electron chi connectivity index (χ2n) is 8.21. The largest absolute Gasteiger partial charge is 0.361 e. The van der Waals surface area contributed by atoms with Crippen LogP contribution in [0.25, 0.3) is 10.9 Å². The quantitative estimate of drug-likeness (QED) is 0.758. The van der Waals surface area contributed by atoms with Crippen molar-refractivity contribution in [3.05, 3.63) is 35.0 Å². The highest BCUT2D eigenvalue weighted by Gasteiger charge is 2.36. The molecule has 2 heterocycles. The second-order valence-corrected chi connectivity index (χ2v) is 8.21. The average Bonchev–Trinajstić information content (AvgIpc) is 2.90. The molecule has 1 saturated heterocycles. The Bertz CT molecular complexity index is 707. The van der Waals surface area contributed by atoms with E-state index >= 15 is 0 Å². The van der Waals surface area contributed by atoms with Crippen molar-refractivity contribution in [2.45, 2.75) is 51.0 Å². The average molecular weight is 297 g/mol. The molecule has 3 atom stereocenters. The fraction of sp³-hybridized carbons (Fsp3) is 0.579. The standard InChI is InChI=1S/C19H27N3/c1-19(2,3)13-6-15-14-4-11(8-20)9-21-16(14)5-12-10-22-17(7-13)18(12)15/h6-7,10-11,14,16,21-22H,4-5,8-9,20H2,1-3H3/t11?,14-,16-/m1/s1. The van der Waals surface area contributed by atoms with Gasteiger partial charge in [-0.2, -0.15) is 0 Å². The summed E-state index contributed by atoms with van der Waals surface area (Å²) in [6, 6.07) is 5.39. The predicted octanol–water partition coefficient (Wildman–Crippen LogP) is 3.04. The van der Waals surface area contributed by atoms with Crippen molar-refractivity contribution in [1.29, 1.82) is 0 Å². The van der Waals surface area contributed by atoms with Crippen LogP contribution in [0.5, 0.6) is 0 Å². The summed E-state index contributed by atoms with van der Waals surface area (Å²) in [4.78, 5) is 3.51. The third-order valence-corrected chi connectivity index (χ3v) is 5.67. The maximum absolute atomic E-state index is 5.95. The zero-order valence-electron chi connectivity index (χ0n) is 13.9. The van der Waals surface area contributed by atoms with E-state index in [4.69, 9.17) is 5.73 Å². The second kappa shape index (κ2) is 4.84. The highest BCUT2D eigenvalue weighted by molar-refractivity contribution is 5.89.